The summed E-state index contributed by atoms with van der Waals surface area (Å²) in [5.74, 6) is 2.41. The van der Waals surface area contributed by atoms with Crippen molar-refractivity contribution in [3.63, 3.8) is 0 Å². The van der Waals surface area contributed by atoms with Gasteiger partial charge in [0, 0.05) is 18.9 Å². The van der Waals surface area contributed by atoms with Crippen LogP contribution in [0, 0.1) is 0 Å². The van der Waals surface area contributed by atoms with Gasteiger partial charge in [0.05, 0.1) is 12.9 Å². The van der Waals surface area contributed by atoms with E-state index in [1.165, 1.54) is 0 Å². The summed E-state index contributed by atoms with van der Waals surface area (Å²) in [5.41, 5.74) is 0. The van der Waals surface area contributed by atoms with Crippen LogP contribution < -0.4 is 0 Å². The first-order valence-electron chi connectivity index (χ1n) is 6.04. The summed E-state index contributed by atoms with van der Waals surface area (Å²) in [6, 6.07) is 3.75. The maximum absolute atomic E-state index is 5.36. The molecule has 0 saturated carbocycles. The van der Waals surface area contributed by atoms with Gasteiger partial charge in [0.15, 0.2) is 16.7 Å². The fourth-order valence-corrected chi connectivity index (χ4v) is 2.46. The second-order valence-electron chi connectivity index (χ2n) is 3.57. The van der Waals surface area contributed by atoms with Crippen LogP contribution in [-0.2, 0) is 11.3 Å². The zero-order valence-corrected chi connectivity index (χ0v) is 11.4. The number of hydrogen-bond acceptors (Lipinski definition) is 5. The lowest BCUT2D eigenvalue weighted by Gasteiger charge is -2.05. The molecule has 0 aliphatic heterocycles. The van der Waals surface area contributed by atoms with E-state index in [0.717, 1.165) is 42.3 Å². The third-order valence-electron chi connectivity index (χ3n) is 2.44. The van der Waals surface area contributed by atoms with Crippen LogP contribution >= 0.6 is 11.8 Å². The van der Waals surface area contributed by atoms with Crippen LogP contribution in [0.15, 0.2) is 28.0 Å². The van der Waals surface area contributed by atoms with Crippen molar-refractivity contribution in [3.8, 4) is 11.6 Å². The first kappa shape index (κ1) is 13.2. The smallest absolute Gasteiger partial charge is 0.200 e. The lowest BCUT2D eigenvalue weighted by atomic mass is 10.4. The zero-order chi connectivity index (χ0) is 12.8. The van der Waals surface area contributed by atoms with Crippen LogP contribution in [0.3, 0.4) is 0 Å². The molecule has 0 fully saturated rings. The summed E-state index contributed by atoms with van der Waals surface area (Å²) < 4.78 is 12.7. The zero-order valence-electron chi connectivity index (χ0n) is 10.6. The maximum Gasteiger partial charge on any atom is 0.200 e. The van der Waals surface area contributed by atoms with Gasteiger partial charge in [-0.1, -0.05) is 11.8 Å². The lowest BCUT2D eigenvalue weighted by molar-refractivity contribution is 0.164. The van der Waals surface area contributed by atoms with Crippen molar-refractivity contribution in [2.24, 2.45) is 0 Å². The molecule has 98 valence electrons. The third-order valence-corrected chi connectivity index (χ3v) is 3.37. The standard InChI is InChI=1S/C12H17N3O2S/c1-3-15-11(10-6-5-7-17-10)13-14-12(15)18-9-8-16-4-2/h5-7H,3-4,8-9H2,1-2H3. The van der Waals surface area contributed by atoms with E-state index in [0.29, 0.717) is 0 Å². The van der Waals surface area contributed by atoms with Gasteiger partial charge < -0.3 is 9.15 Å². The molecule has 0 radical (unpaired) electrons. The summed E-state index contributed by atoms with van der Waals surface area (Å²) in [7, 11) is 0. The summed E-state index contributed by atoms with van der Waals surface area (Å²) in [6.45, 7) is 6.36. The van der Waals surface area contributed by atoms with Crippen molar-refractivity contribution in [3.05, 3.63) is 18.4 Å². The fourth-order valence-electron chi connectivity index (χ4n) is 1.60. The summed E-state index contributed by atoms with van der Waals surface area (Å²) in [4.78, 5) is 0. The van der Waals surface area contributed by atoms with E-state index in [2.05, 4.69) is 21.7 Å². The molecular formula is C12H17N3O2S. The Hall–Kier alpha value is -1.27. The molecule has 0 spiro atoms. The van der Waals surface area contributed by atoms with Gasteiger partial charge in [-0.05, 0) is 26.0 Å². The van der Waals surface area contributed by atoms with E-state index in [1.54, 1.807) is 18.0 Å². The molecule has 0 amide bonds. The van der Waals surface area contributed by atoms with Gasteiger partial charge in [0.25, 0.3) is 0 Å². The van der Waals surface area contributed by atoms with Gasteiger partial charge in [-0.25, -0.2) is 0 Å². The molecule has 0 aliphatic carbocycles. The summed E-state index contributed by atoms with van der Waals surface area (Å²) >= 11 is 1.65. The first-order chi connectivity index (χ1) is 8.86. The van der Waals surface area contributed by atoms with Gasteiger partial charge in [0.1, 0.15) is 0 Å². The van der Waals surface area contributed by atoms with E-state index >= 15 is 0 Å². The number of hydrogen-bond donors (Lipinski definition) is 0. The van der Waals surface area contributed by atoms with E-state index in [-0.39, 0.29) is 0 Å². The summed E-state index contributed by atoms with van der Waals surface area (Å²) in [6.07, 6.45) is 1.64. The molecule has 2 aromatic rings. The van der Waals surface area contributed by atoms with E-state index < -0.39 is 0 Å². The van der Waals surface area contributed by atoms with Crippen LogP contribution in [0.25, 0.3) is 11.6 Å². The quantitative estimate of drug-likeness (QED) is 0.570. The molecule has 0 bridgehead atoms. The number of rotatable bonds is 7. The highest BCUT2D eigenvalue weighted by atomic mass is 32.2. The maximum atomic E-state index is 5.36. The molecule has 2 heterocycles. The fraction of sp³-hybridized carbons (Fsp3) is 0.500. The summed E-state index contributed by atoms with van der Waals surface area (Å²) in [5, 5.41) is 9.29. The molecule has 0 saturated heterocycles. The van der Waals surface area contributed by atoms with Crippen LogP contribution in [0.4, 0.5) is 0 Å². The minimum absolute atomic E-state index is 0.730. The predicted molar refractivity (Wildman–Crippen MR) is 70.6 cm³/mol. The monoisotopic (exact) mass is 267 g/mol. The van der Waals surface area contributed by atoms with Crippen LogP contribution in [0.2, 0.25) is 0 Å². The molecule has 18 heavy (non-hydrogen) atoms. The third kappa shape index (κ3) is 2.94. The Balaban J connectivity index is 2.08. The highest BCUT2D eigenvalue weighted by Crippen LogP contribution is 2.23. The lowest BCUT2D eigenvalue weighted by Crippen LogP contribution is -2.01. The van der Waals surface area contributed by atoms with Gasteiger partial charge >= 0.3 is 0 Å². The molecule has 2 rings (SSSR count). The van der Waals surface area contributed by atoms with Crippen molar-refractivity contribution in [2.45, 2.75) is 25.5 Å². The Kier molecular flexibility index (Phi) is 4.83. The van der Waals surface area contributed by atoms with Gasteiger partial charge in [-0.15, -0.1) is 10.2 Å². The average Bonchev–Trinajstić information content (AvgIpc) is 3.02. The molecule has 0 aromatic carbocycles. The van der Waals surface area contributed by atoms with E-state index in [4.69, 9.17) is 9.15 Å². The second-order valence-corrected chi connectivity index (χ2v) is 4.64. The van der Waals surface area contributed by atoms with E-state index in [1.807, 2.05) is 19.1 Å². The Bertz CT molecular complexity index is 468. The molecule has 5 nitrogen and oxygen atoms in total. The van der Waals surface area contributed by atoms with Crippen LogP contribution in [-0.4, -0.2) is 33.7 Å². The molecule has 0 aliphatic rings. The van der Waals surface area contributed by atoms with Crippen LogP contribution in [0.1, 0.15) is 13.8 Å². The number of furan rings is 1. The molecule has 0 unspecified atom stereocenters. The van der Waals surface area contributed by atoms with Crippen molar-refractivity contribution in [1.82, 2.24) is 14.8 Å². The minimum Gasteiger partial charge on any atom is -0.461 e. The molecule has 2 aromatic heterocycles. The van der Waals surface area contributed by atoms with Crippen molar-refractivity contribution >= 4 is 11.8 Å². The highest BCUT2D eigenvalue weighted by Gasteiger charge is 2.14. The SMILES string of the molecule is CCOCCSc1nnc(-c2ccco2)n1CC. The topological polar surface area (TPSA) is 53.1 Å². The Morgan fingerprint density at radius 3 is 2.94 bits per heavy atom. The second kappa shape index (κ2) is 6.61. The van der Waals surface area contributed by atoms with E-state index in [9.17, 15) is 0 Å². The Labute approximate surface area is 111 Å². The number of aromatic nitrogens is 3. The van der Waals surface area contributed by atoms with Crippen molar-refractivity contribution in [1.29, 1.82) is 0 Å². The first-order valence-corrected chi connectivity index (χ1v) is 7.03. The Morgan fingerprint density at radius 1 is 1.39 bits per heavy atom. The largest absolute Gasteiger partial charge is 0.461 e. The molecule has 0 N–H and O–H groups in total. The van der Waals surface area contributed by atoms with Gasteiger partial charge in [0.2, 0.25) is 0 Å². The number of thioether (sulfide) groups is 1. The van der Waals surface area contributed by atoms with Gasteiger partial charge in [-0.3, -0.25) is 4.57 Å². The van der Waals surface area contributed by atoms with Gasteiger partial charge in [-0.2, -0.15) is 0 Å². The Morgan fingerprint density at radius 2 is 2.28 bits per heavy atom. The molecule has 6 heteroatoms. The number of nitrogens with zero attached hydrogens (tertiary/aromatic N) is 3. The minimum atomic E-state index is 0.730. The van der Waals surface area contributed by atoms with Crippen molar-refractivity contribution < 1.29 is 9.15 Å². The number of ether oxygens (including phenoxy) is 1. The highest BCUT2D eigenvalue weighted by molar-refractivity contribution is 7.99. The molecule has 0 atom stereocenters. The van der Waals surface area contributed by atoms with Crippen molar-refractivity contribution in [2.75, 3.05) is 19.0 Å². The predicted octanol–water partition coefficient (Wildman–Crippen LogP) is 2.69. The normalized spacial score (nSPS) is 11.0. The van der Waals surface area contributed by atoms with Crippen LogP contribution in [0.5, 0.6) is 0 Å². The molecular weight excluding hydrogens is 250 g/mol. The average molecular weight is 267 g/mol.